The first-order valence-electron chi connectivity index (χ1n) is 8.13. The zero-order chi connectivity index (χ0) is 18.1. The molecule has 1 heterocycles. The Morgan fingerprint density at radius 3 is 2.28 bits per heavy atom. The number of nitrogens with zero attached hydrogens (tertiary/aromatic N) is 1. The second-order valence-corrected chi connectivity index (χ2v) is 7.43. The molecule has 6 heteroatoms. The quantitative estimate of drug-likeness (QED) is 0.768. The van der Waals surface area contributed by atoms with E-state index in [0.717, 1.165) is 16.1 Å². The molecule has 0 amide bonds. The molecule has 1 N–H and O–H groups in total. The number of alkyl halides is 3. The number of piperidine rings is 1. The first-order valence-corrected chi connectivity index (χ1v) is 8.92. The van der Waals surface area contributed by atoms with Gasteiger partial charge in [-0.3, -0.25) is 4.90 Å². The molecule has 0 unspecified atom stereocenters. The number of hydrogen-bond acceptors (Lipinski definition) is 2. The number of rotatable bonds is 3. The molecule has 0 saturated carbocycles. The van der Waals surface area contributed by atoms with Crippen molar-refractivity contribution in [2.24, 2.45) is 0 Å². The van der Waals surface area contributed by atoms with E-state index in [1.165, 1.54) is 12.1 Å². The molecular weight excluding hydrogens is 395 g/mol. The Balaban J connectivity index is 1.64. The molecule has 2 aromatic carbocycles. The molecule has 0 atom stereocenters. The molecule has 0 radical (unpaired) electrons. The Bertz CT molecular complexity index is 722. The third-order valence-corrected chi connectivity index (χ3v) is 5.25. The molecule has 1 fully saturated rings. The van der Waals surface area contributed by atoms with Crippen LogP contribution in [-0.2, 0) is 18.3 Å². The predicted molar refractivity (Wildman–Crippen MR) is 94.0 cm³/mol. The standard InChI is InChI=1S/C19H19BrF3NO/c20-17-6-4-15(5-7-17)18(25)8-10-24(11-9-18)13-14-2-1-3-16(12-14)19(21,22)23/h1-7,12,25H,8-11,13H2. The van der Waals surface area contributed by atoms with Gasteiger partial charge in [-0.1, -0.05) is 46.3 Å². The third-order valence-electron chi connectivity index (χ3n) is 4.73. The minimum absolute atomic E-state index is 0.459. The lowest BCUT2D eigenvalue weighted by Gasteiger charge is -2.38. The van der Waals surface area contributed by atoms with Crippen LogP contribution in [0.4, 0.5) is 13.2 Å². The summed E-state index contributed by atoms with van der Waals surface area (Å²) in [7, 11) is 0. The maximum atomic E-state index is 12.8. The van der Waals surface area contributed by atoms with Crippen LogP contribution in [0.2, 0.25) is 0 Å². The monoisotopic (exact) mass is 413 g/mol. The van der Waals surface area contributed by atoms with Crippen LogP contribution >= 0.6 is 15.9 Å². The van der Waals surface area contributed by atoms with Crippen molar-refractivity contribution in [1.29, 1.82) is 0 Å². The van der Waals surface area contributed by atoms with E-state index >= 15 is 0 Å². The first-order chi connectivity index (χ1) is 11.8. The third kappa shape index (κ3) is 4.43. The SMILES string of the molecule is OC1(c2ccc(Br)cc2)CCN(Cc2cccc(C(F)(F)F)c2)CC1. The van der Waals surface area contributed by atoms with E-state index in [1.54, 1.807) is 6.07 Å². The fraction of sp³-hybridized carbons (Fsp3) is 0.368. The summed E-state index contributed by atoms with van der Waals surface area (Å²) in [4.78, 5) is 2.09. The van der Waals surface area contributed by atoms with Gasteiger partial charge in [-0.15, -0.1) is 0 Å². The normalized spacial score (nSPS) is 18.3. The van der Waals surface area contributed by atoms with Crippen LogP contribution in [0.1, 0.15) is 29.5 Å². The van der Waals surface area contributed by atoms with Crippen LogP contribution in [0, 0.1) is 0 Å². The van der Waals surface area contributed by atoms with E-state index in [4.69, 9.17) is 0 Å². The van der Waals surface area contributed by atoms with Crippen molar-refractivity contribution >= 4 is 15.9 Å². The molecule has 25 heavy (non-hydrogen) atoms. The van der Waals surface area contributed by atoms with Crippen molar-refractivity contribution in [3.8, 4) is 0 Å². The minimum atomic E-state index is -4.32. The number of aliphatic hydroxyl groups is 1. The number of halogens is 4. The lowest BCUT2D eigenvalue weighted by Crippen LogP contribution is -2.42. The summed E-state index contributed by atoms with van der Waals surface area (Å²) in [5.74, 6) is 0. The van der Waals surface area contributed by atoms with Gasteiger partial charge < -0.3 is 5.11 Å². The summed E-state index contributed by atoms with van der Waals surface area (Å²) >= 11 is 3.38. The van der Waals surface area contributed by atoms with Gasteiger partial charge in [0.05, 0.1) is 11.2 Å². The smallest absolute Gasteiger partial charge is 0.385 e. The molecule has 1 aliphatic rings. The fourth-order valence-corrected chi connectivity index (χ4v) is 3.50. The Labute approximate surface area is 153 Å². The number of hydrogen-bond donors (Lipinski definition) is 1. The predicted octanol–water partition coefficient (Wildman–Crippen LogP) is 4.95. The van der Waals surface area contributed by atoms with Gasteiger partial charge in [-0.05, 0) is 42.2 Å². The van der Waals surface area contributed by atoms with E-state index in [1.807, 2.05) is 24.3 Å². The lowest BCUT2D eigenvalue weighted by molar-refractivity contribution is -0.137. The Kier molecular flexibility index (Phi) is 5.23. The average Bonchev–Trinajstić information content (AvgIpc) is 2.57. The lowest BCUT2D eigenvalue weighted by atomic mass is 9.84. The van der Waals surface area contributed by atoms with Gasteiger partial charge >= 0.3 is 6.18 Å². The highest BCUT2D eigenvalue weighted by atomic mass is 79.9. The summed E-state index contributed by atoms with van der Waals surface area (Å²) in [6.45, 7) is 1.74. The molecule has 2 aromatic rings. The molecule has 0 spiro atoms. The van der Waals surface area contributed by atoms with Crippen LogP contribution < -0.4 is 0 Å². The summed E-state index contributed by atoms with van der Waals surface area (Å²) in [5.41, 5.74) is 0.0390. The molecule has 1 saturated heterocycles. The highest BCUT2D eigenvalue weighted by Crippen LogP contribution is 2.34. The van der Waals surface area contributed by atoms with E-state index in [0.29, 0.717) is 38.0 Å². The van der Waals surface area contributed by atoms with Gasteiger partial charge in [-0.25, -0.2) is 0 Å². The van der Waals surface area contributed by atoms with Crippen LogP contribution in [-0.4, -0.2) is 23.1 Å². The molecule has 1 aliphatic heterocycles. The maximum Gasteiger partial charge on any atom is 0.416 e. The molecule has 134 valence electrons. The summed E-state index contributed by atoms with van der Waals surface area (Å²) in [6.07, 6.45) is -3.19. The van der Waals surface area contributed by atoms with Crippen molar-refractivity contribution < 1.29 is 18.3 Å². The van der Waals surface area contributed by atoms with E-state index < -0.39 is 17.3 Å². The van der Waals surface area contributed by atoms with Gasteiger partial charge in [0.1, 0.15) is 0 Å². The average molecular weight is 414 g/mol. The Morgan fingerprint density at radius 2 is 1.68 bits per heavy atom. The van der Waals surface area contributed by atoms with Crippen molar-refractivity contribution in [3.63, 3.8) is 0 Å². The first kappa shape index (κ1) is 18.4. The topological polar surface area (TPSA) is 23.5 Å². The second kappa shape index (κ2) is 7.09. The van der Waals surface area contributed by atoms with Gasteiger partial charge in [0.2, 0.25) is 0 Å². The van der Waals surface area contributed by atoms with Gasteiger partial charge in [0.25, 0.3) is 0 Å². The zero-order valence-corrected chi connectivity index (χ0v) is 15.1. The minimum Gasteiger partial charge on any atom is -0.385 e. The fourth-order valence-electron chi connectivity index (χ4n) is 3.23. The highest BCUT2D eigenvalue weighted by Gasteiger charge is 2.34. The summed E-state index contributed by atoms with van der Waals surface area (Å²) < 4.78 is 39.4. The number of benzene rings is 2. The molecule has 0 aliphatic carbocycles. The summed E-state index contributed by atoms with van der Waals surface area (Å²) in [5, 5.41) is 10.9. The number of likely N-dealkylation sites (tertiary alicyclic amines) is 1. The van der Waals surface area contributed by atoms with E-state index in [9.17, 15) is 18.3 Å². The van der Waals surface area contributed by atoms with Gasteiger partial charge in [0.15, 0.2) is 0 Å². The second-order valence-electron chi connectivity index (χ2n) is 6.51. The van der Waals surface area contributed by atoms with Crippen LogP contribution in [0.15, 0.2) is 53.0 Å². The molecule has 3 rings (SSSR count). The van der Waals surface area contributed by atoms with Crippen LogP contribution in [0.3, 0.4) is 0 Å². The van der Waals surface area contributed by atoms with Crippen molar-refractivity contribution in [1.82, 2.24) is 4.90 Å². The van der Waals surface area contributed by atoms with Crippen LogP contribution in [0.25, 0.3) is 0 Å². The van der Waals surface area contributed by atoms with E-state index in [2.05, 4.69) is 20.8 Å². The maximum absolute atomic E-state index is 12.8. The molecular formula is C19H19BrF3NO. The highest BCUT2D eigenvalue weighted by molar-refractivity contribution is 9.10. The summed E-state index contributed by atoms with van der Waals surface area (Å²) in [6, 6.07) is 13.1. The van der Waals surface area contributed by atoms with Crippen molar-refractivity contribution in [2.75, 3.05) is 13.1 Å². The van der Waals surface area contributed by atoms with Gasteiger partial charge in [-0.2, -0.15) is 13.2 Å². The molecule has 2 nitrogen and oxygen atoms in total. The molecule has 0 aromatic heterocycles. The van der Waals surface area contributed by atoms with Crippen molar-refractivity contribution in [2.45, 2.75) is 31.2 Å². The van der Waals surface area contributed by atoms with Crippen molar-refractivity contribution in [3.05, 3.63) is 69.7 Å². The Morgan fingerprint density at radius 1 is 1.04 bits per heavy atom. The Hall–Kier alpha value is -1.37. The van der Waals surface area contributed by atoms with Crippen LogP contribution in [0.5, 0.6) is 0 Å². The largest absolute Gasteiger partial charge is 0.416 e. The van der Waals surface area contributed by atoms with Gasteiger partial charge in [0, 0.05) is 24.1 Å². The van der Waals surface area contributed by atoms with E-state index in [-0.39, 0.29) is 0 Å². The molecule has 0 bridgehead atoms. The zero-order valence-electron chi connectivity index (χ0n) is 13.6.